The Morgan fingerprint density at radius 1 is 1.23 bits per heavy atom. The van der Waals surface area contributed by atoms with E-state index < -0.39 is 11.5 Å². The van der Waals surface area contributed by atoms with Crippen molar-refractivity contribution in [3.63, 3.8) is 0 Å². The van der Waals surface area contributed by atoms with Gasteiger partial charge in [-0.15, -0.1) is 0 Å². The van der Waals surface area contributed by atoms with Crippen molar-refractivity contribution in [3.8, 4) is 23.0 Å². The van der Waals surface area contributed by atoms with Crippen molar-refractivity contribution in [1.29, 1.82) is 0 Å². The van der Waals surface area contributed by atoms with Crippen LogP contribution >= 0.6 is 0 Å². The number of likely N-dealkylation sites (N-methyl/N-ethyl adjacent to an activating group) is 1. The number of carbonyl (C=O) groups excluding carboxylic acids is 2. The van der Waals surface area contributed by atoms with E-state index in [1.807, 2.05) is 37.3 Å². The van der Waals surface area contributed by atoms with Gasteiger partial charge in [0.2, 0.25) is 11.5 Å². The number of hydrogen-bond donors (Lipinski definition) is 2. The molecule has 0 unspecified atom stereocenters. The molecule has 1 aliphatic heterocycles. The third kappa shape index (κ3) is 3.46. The van der Waals surface area contributed by atoms with E-state index in [-0.39, 0.29) is 5.91 Å². The molecule has 132 valence electrons. The average molecular weight is 348 g/mol. The fourth-order valence-electron chi connectivity index (χ4n) is 3.01. The van der Waals surface area contributed by atoms with Crippen molar-refractivity contribution >= 4 is 11.8 Å². The maximum Gasteiger partial charge on any atom is 0.267 e. The van der Waals surface area contributed by atoms with Gasteiger partial charge < -0.3 is 15.7 Å². The molecular weight excluding hydrogens is 328 g/mol. The summed E-state index contributed by atoms with van der Waals surface area (Å²) < 4.78 is 0. The molecule has 0 aliphatic carbocycles. The molecule has 1 saturated heterocycles. The lowest BCUT2D eigenvalue weighted by Gasteiger charge is -2.13. The summed E-state index contributed by atoms with van der Waals surface area (Å²) in [4.78, 5) is 25.0. The van der Waals surface area contributed by atoms with E-state index in [1.165, 1.54) is 4.90 Å². The first-order chi connectivity index (χ1) is 12.3. The van der Waals surface area contributed by atoms with Gasteiger partial charge in [-0.2, -0.15) is 0 Å². The number of carbonyl (C=O) groups is 2. The lowest BCUT2D eigenvalue weighted by atomic mass is 9.98. The standard InChI is InChI=1S/C21H20N2O3/c1-14-10-17(13-18(11-14)19(22)24)16-5-3-4-15(12-16)6-7-21(26)8-9-23(2)20(21)25/h3-5,10-13,26H,8-9H2,1-2H3,(H2,22,24)/t21-/m0/s1. The number of primary amides is 1. The molecule has 5 nitrogen and oxygen atoms in total. The Bertz CT molecular complexity index is 955. The molecule has 0 aromatic heterocycles. The highest BCUT2D eigenvalue weighted by Crippen LogP contribution is 2.24. The van der Waals surface area contributed by atoms with Crippen LogP contribution in [0.1, 0.15) is 27.9 Å². The number of hydrogen-bond acceptors (Lipinski definition) is 3. The molecule has 3 N–H and O–H groups in total. The minimum Gasteiger partial charge on any atom is -0.369 e. The molecule has 1 aliphatic rings. The maximum absolute atomic E-state index is 12.0. The quantitative estimate of drug-likeness (QED) is 0.811. The van der Waals surface area contributed by atoms with Crippen molar-refractivity contribution in [2.24, 2.45) is 5.73 Å². The Kier molecular flexibility index (Phi) is 4.54. The minimum absolute atomic E-state index is 0.300. The second-order valence-electron chi connectivity index (χ2n) is 6.62. The molecule has 3 rings (SSSR count). The molecule has 0 radical (unpaired) electrons. The summed E-state index contributed by atoms with van der Waals surface area (Å²) in [5.74, 6) is 4.77. The zero-order chi connectivity index (χ0) is 18.9. The van der Waals surface area contributed by atoms with Crippen LogP contribution in [0, 0.1) is 18.8 Å². The Morgan fingerprint density at radius 3 is 2.65 bits per heavy atom. The molecule has 1 heterocycles. The van der Waals surface area contributed by atoms with Crippen LogP contribution < -0.4 is 5.73 Å². The van der Waals surface area contributed by atoms with Gasteiger partial charge in [0.15, 0.2) is 0 Å². The van der Waals surface area contributed by atoms with Crippen LogP contribution in [0.25, 0.3) is 11.1 Å². The molecule has 2 aromatic rings. The molecular formula is C21H20N2O3. The molecule has 0 spiro atoms. The number of aryl methyl sites for hydroxylation is 1. The third-order valence-electron chi connectivity index (χ3n) is 4.48. The van der Waals surface area contributed by atoms with E-state index in [2.05, 4.69) is 11.8 Å². The van der Waals surface area contributed by atoms with Crippen molar-refractivity contribution in [1.82, 2.24) is 4.90 Å². The zero-order valence-corrected chi connectivity index (χ0v) is 14.7. The summed E-state index contributed by atoms with van der Waals surface area (Å²) in [6.45, 7) is 2.39. The van der Waals surface area contributed by atoms with Crippen molar-refractivity contribution in [3.05, 3.63) is 59.2 Å². The predicted octanol–water partition coefficient (Wildman–Crippen LogP) is 1.71. The Morgan fingerprint density at radius 2 is 2.00 bits per heavy atom. The summed E-state index contributed by atoms with van der Waals surface area (Å²) in [5.41, 5.74) is 7.57. The lowest BCUT2D eigenvalue weighted by Crippen LogP contribution is -2.37. The van der Waals surface area contributed by atoms with Crippen LogP contribution in [0.4, 0.5) is 0 Å². The van der Waals surface area contributed by atoms with Crippen molar-refractivity contribution < 1.29 is 14.7 Å². The normalized spacial score (nSPS) is 19.2. The number of aliphatic hydroxyl groups is 1. The molecule has 5 heteroatoms. The summed E-state index contributed by atoms with van der Waals surface area (Å²) >= 11 is 0. The van der Waals surface area contributed by atoms with Crippen LogP contribution in [0.2, 0.25) is 0 Å². The smallest absolute Gasteiger partial charge is 0.267 e. The SMILES string of the molecule is Cc1cc(C(N)=O)cc(-c2cccc(C#C[C@]3(O)CCN(C)C3=O)c2)c1. The number of benzene rings is 2. The fourth-order valence-corrected chi connectivity index (χ4v) is 3.01. The van der Waals surface area contributed by atoms with E-state index in [0.717, 1.165) is 16.7 Å². The van der Waals surface area contributed by atoms with E-state index in [0.29, 0.717) is 24.1 Å². The van der Waals surface area contributed by atoms with E-state index >= 15 is 0 Å². The predicted molar refractivity (Wildman–Crippen MR) is 99.2 cm³/mol. The van der Waals surface area contributed by atoms with Gasteiger partial charge in [-0.25, -0.2) is 0 Å². The van der Waals surface area contributed by atoms with E-state index in [1.54, 1.807) is 19.2 Å². The second kappa shape index (κ2) is 6.66. The van der Waals surface area contributed by atoms with Gasteiger partial charge in [-0.1, -0.05) is 30.0 Å². The Hall–Kier alpha value is -3.10. The first-order valence-corrected chi connectivity index (χ1v) is 8.31. The van der Waals surface area contributed by atoms with Gasteiger partial charge in [0.05, 0.1) is 0 Å². The van der Waals surface area contributed by atoms with Gasteiger partial charge in [-0.3, -0.25) is 9.59 Å². The summed E-state index contributed by atoms with van der Waals surface area (Å²) in [7, 11) is 1.65. The third-order valence-corrected chi connectivity index (χ3v) is 4.48. The summed E-state index contributed by atoms with van der Waals surface area (Å²) in [5, 5.41) is 10.4. The first kappa shape index (κ1) is 17.7. The van der Waals surface area contributed by atoms with Crippen LogP contribution in [0.15, 0.2) is 42.5 Å². The Labute approximate surface area is 152 Å². The van der Waals surface area contributed by atoms with Crippen LogP contribution in [0.5, 0.6) is 0 Å². The minimum atomic E-state index is -1.62. The Balaban J connectivity index is 1.95. The van der Waals surface area contributed by atoms with E-state index in [4.69, 9.17) is 5.73 Å². The number of rotatable bonds is 2. The number of nitrogens with zero attached hydrogens (tertiary/aromatic N) is 1. The van der Waals surface area contributed by atoms with Crippen molar-refractivity contribution in [2.45, 2.75) is 18.9 Å². The lowest BCUT2D eigenvalue weighted by molar-refractivity contribution is -0.137. The highest BCUT2D eigenvalue weighted by atomic mass is 16.3. The van der Waals surface area contributed by atoms with Crippen LogP contribution in [0.3, 0.4) is 0 Å². The largest absolute Gasteiger partial charge is 0.369 e. The van der Waals surface area contributed by atoms with E-state index in [9.17, 15) is 14.7 Å². The zero-order valence-electron chi connectivity index (χ0n) is 14.7. The molecule has 2 amide bonds. The molecule has 1 atom stereocenters. The number of nitrogens with two attached hydrogens (primary N) is 1. The van der Waals surface area contributed by atoms with Gasteiger partial charge >= 0.3 is 0 Å². The molecule has 0 saturated carbocycles. The summed E-state index contributed by atoms with van der Waals surface area (Å²) in [6.07, 6.45) is 0.300. The highest BCUT2D eigenvalue weighted by molar-refractivity contribution is 5.94. The summed E-state index contributed by atoms with van der Waals surface area (Å²) in [6, 6.07) is 12.9. The van der Waals surface area contributed by atoms with Gasteiger partial charge in [0.25, 0.3) is 5.91 Å². The highest BCUT2D eigenvalue weighted by Gasteiger charge is 2.42. The average Bonchev–Trinajstić information content (AvgIpc) is 2.88. The van der Waals surface area contributed by atoms with Crippen LogP contribution in [-0.4, -0.2) is 41.0 Å². The molecule has 26 heavy (non-hydrogen) atoms. The van der Waals surface area contributed by atoms with Gasteiger partial charge in [0.1, 0.15) is 0 Å². The van der Waals surface area contributed by atoms with Gasteiger partial charge in [0, 0.05) is 31.1 Å². The van der Waals surface area contributed by atoms with Crippen molar-refractivity contribution in [2.75, 3.05) is 13.6 Å². The fraction of sp³-hybridized carbons (Fsp3) is 0.238. The maximum atomic E-state index is 12.0. The topological polar surface area (TPSA) is 83.6 Å². The second-order valence-corrected chi connectivity index (χ2v) is 6.62. The number of amides is 2. The van der Waals surface area contributed by atoms with Crippen LogP contribution in [-0.2, 0) is 4.79 Å². The monoisotopic (exact) mass is 348 g/mol. The van der Waals surface area contributed by atoms with Gasteiger partial charge in [-0.05, 0) is 47.9 Å². The number of likely N-dealkylation sites (tertiary alicyclic amines) is 1. The molecule has 0 bridgehead atoms. The first-order valence-electron chi connectivity index (χ1n) is 8.31. The molecule has 1 fully saturated rings. The molecule has 2 aromatic carbocycles.